The summed E-state index contributed by atoms with van der Waals surface area (Å²) in [5, 5.41) is 3.80. The van der Waals surface area contributed by atoms with Crippen LogP contribution in [-0.4, -0.2) is 56.5 Å². The number of hydrogen-bond acceptors (Lipinski definition) is 2. The Bertz CT molecular complexity index is 530. The average Bonchev–Trinajstić information content (AvgIpc) is 2.55. The molecule has 0 bridgehead atoms. The number of nitrogens with one attached hydrogen (secondary N) is 2. The van der Waals surface area contributed by atoms with E-state index in [-0.39, 0.29) is 0 Å². The van der Waals surface area contributed by atoms with E-state index in [1.165, 1.54) is 17.0 Å². The molecule has 1 aliphatic heterocycles. The third-order valence-corrected chi connectivity index (χ3v) is 4.46. The molecule has 0 radical (unpaired) electrons. The van der Waals surface area contributed by atoms with Gasteiger partial charge in [0.1, 0.15) is 13.1 Å². The molecule has 2 rings (SSSR count). The topological polar surface area (TPSA) is 28.9 Å². The van der Waals surface area contributed by atoms with Gasteiger partial charge in [-0.25, -0.2) is 0 Å². The fourth-order valence-corrected chi connectivity index (χ4v) is 2.70. The number of ether oxygens (including phenoxy) is 1. The van der Waals surface area contributed by atoms with Crippen molar-refractivity contribution < 1.29 is 22.8 Å². The van der Waals surface area contributed by atoms with Crippen LogP contribution in [0.15, 0.2) is 24.3 Å². The molecule has 1 saturated heterocycles. The van der Waals surface area contributed by atoms with Crippen LogP contribution in [0.5, 0.6) is 0 Å². The predicted molar refractivity (Wildman–Crippen MR) is 89.9 cm³/mol. The van der Waals surface area contributed by atoms with E-state index in [2.05, 4.69) is 5.32 Å². The molecule has 134 valence electrons. The first-order chi connectivity index (χ1) is 11.4. The van der Waals surface area contributed by atoms with E-state index in [4.69, 9.17) is 17.0 Å². The Morgan fingerprint density at radius 1 is 1.25 bits per heavy atom. The molecule has 0 spiro atoms. The first-order valence-corrected chi connectivity index (χ1v) is 8.33. The second-order valence-corrected chi connectivity index (χ2v) is 6.28. The van der Waals surface area contributed by atoms with Crippen molar-refractivity contribution in [3.8, 4) is 0 Å². The zero-order valence-corrected chi connectivity index (χ0v) is 14.5. The van der Waals surface area contributed by atoms with Crippen LogP contribution in [0, 0.1) is 0 Å². The number of morpholine rings is 1. The maximum atomic E-state index is 12.6. The highest BCUT2D eigenvalue weighted by atomic mass is 32.1. The minimum absolute atomic E-state index is 0.467. The van der Waals surface area contributed by atoms with Crippen molar-refractivity contribution in [2.45, 2.75) is 12.7 Å². The van der Waals surface area contributed by atoms with E-state index in [0.717, 1.165) is 57.1 Å². The largest absolute Gasteiger partial charge is 0.416 e. The number of benzene rings is 1. The Hall–Kier alpha value is -1.38. The van der Waals surface area contributed by atoms with E-state index < -0.39 is 11.7 Å². The lowest BCUT2D eigenvalue weighted by Crippen LogP contribution is -3.14. The zero-order valence-electron chi connectivity index (χ0n) is 13.7. The van der Waals surface area contributed by atoms with Crippen molar-refractivity contribution in [1.29, 1.82) is 0 Å². The molecule has 1 heterocycles. The summed E-state index contributed by atoms with van der Waals surface area (Å²) in [6.07, 6.45) is -4.30. The monoisotopic (exact) mass is 362 g/mol. The first-order valence-electron chi connectivity index (χ1n) is 7.92. The summed E-state index contributed by atoms with van der Waals surface area (Å²) >= 11 is 5.33. The summed E-state index contributed by atoms with van der Waals surface area (Å²) < 4.78 is 43.0. The van der Waals surface area contributed by atoms with E-state index in [0.29, 0.717) is 11.7 Å². The quantitative estimate of drug-likeness (QED) is 0.763. The smallest absolute Gasteiger partial charge is 0.370 e. The van der Waals surface area contributed by atoms with Crippen molar-refractivity contribution in [3.63, 3.8) is 0 Å². The Labute approximate surface area is 145 Å². The molecule has 4 nitrogen and oxygen atoms in total. The number of halogens is 3. The van der Waals surface area contributed by atoms with Crippen LogP contribution >= 0.6 is 12.2 Å². The summed E-state index contributed by atoms with van der Waals surface area (Å²) in [5.41, 5.74) is 0.150. The van der Waals surface area contributed by atoms with Gasteiger partial charge in [0.05, 0.1) is 31.9 Å². The molecule has 0 amide bonds. The SMILES string of the molecule is CN(Cc1ccc(C(F)(F)F)cc1)C(=S)NCC[NH+]1CCOCC1. The van der Waals surface area contributed by atoms with Gasteiger partial charge in [0.2, 0.25) is 0 Å². The summed E-state index contributed by atoms with van der Waals surface area (Å²) in [6.45, 7) is 5.82. The molecule has 1 aromatic carbocycles. The number of quaternary nitrogens is 1. The van der Waals surface area contributed by atoms with Gasteiger partial charge in [0.25, 0.3) is 0 Å². The van der Waals surface area contributed by atoms with Crippen LogP contribution in [-0.2, 0) is 17.5 Å². The van der Waals surface area contributed by atoms with E-state index >= 15 is 0 Å². The Morgan fingerprint density at radius 3 is 2.46 bits per heavy atom. The lowest BCUT2D eigenvalue weighted by Gasteiger charge is -2.25. The molecule has 8 heteroatoms. The fourth-order valence-electron chi connectivity index (χ4n) is 2.54. The lowest BCUT2D eigenvalue weighted by molar-refractivity contribution is -0.906. The molecule has 1 aliphatic rings. The second-order valence-electron chi connectivity index (χ2n) is 5.90. The third kappa shape index (κ3) is 5.92. The number of nitrogens with zero attached hydrogens (tertiary/aromatic N) is 1. The number of rotatable bonds is 5. The summed E-state index contributed by atoms with van der Waals surface area (Å²) in [5.74, 6) is 0. The molecular formula is C16H23F3N3OS+. The molecular weight excluding hydrogens is 339 g/mol. The predicted octanol–water partition coefficient (Wildman–Crippen LogP) is 0.927. The van der Waals surface area contributed by atoms with Gasteiger partial charge in [-0.1, -0.05) is 12.1 Å². The molecule has 0 aromatic heterocycles. The summed E-state index contributed by atoms with van der Waals surface area (Å²) in [7, 11) is 1.83. The van der Waals surface area contributed by atoms with Gasteiger partial charge < -0.3 is 19.9 Å². The van der Waals surface area contributed by atoms with Gasteiger partial charge in [-0.2, -0.15) is 13.2 Å². The van der Waals surface area contributed by atoms with Crippen LogP contribution in [0.3, 0.4) is 0 Å². The van der Waals surface area contributed by atoms with E-state index in [1.54, 1.807) is 0 Å². The van der Waals surface area contributed by atoms with Crippen LogP contribution in [0.4, 0.5) is 13.2 Å². The molecule has 0 unspecified atom stereocenters. The average molecular weight is 362 g/mol. The molecule has 0 saturated carbocycles. The van der Waals surface area contributed by atoms with Crippen LogP contribution in [0.25, 0.3) is 0 Å². The lowest BCUT2D eigenvalue weighted by atomic mass is 10.1. The van der Waals surface area contributed by atoms with Gasteiger partial charge in [-0.3, -0.25) is 0 Å². The zero-order chi connectivity index (χ0) is 17.6. The maximum absolute atomic E-state index is 12.6. The number of alkyl halides is 3. The molecule has 24 heavy (non-hydrogen) atoms. The molecule has 1 aromatic rings. The van der Waals surface area contributed by atoms with Crippen LogP contribution in [0.2, 0.25) is 0 Å². The van der Waals surface area contributed by atoms with Crippen molar-refractivity contribution in [2.75, 3.05) is 46.4 Å². The summed E-state index contributed by atoms with van der Waals surface area (Å²) in [4.78, 5) is 3.31. The Balaban J connectivity index is 1.74. The van der Waals surface area contributed by atoms with Gasteiger partial charge in [-0.05, 0) is 29.9 Å². The molecule has 0 aliphatic carbocycles. The normalized spacial score (nSPS) is 16.0. The molecule has 0 atom stereocenters. The van der Waals surface area contributed by atoms with Crippen molar-refractivity contribution in [2.24, 2.45) is 0 Å². The van der Waals surface area contributed by atoms with E-state index in [1.807, 2.05) is 11.9 Å². The third-order valence-electron chi connectivity index (χ3n) is 4.00. The van der Waals surface area contributed by atoms with Crippen molar-refractivity contribution in [3.05, 3.63) is 35.4 Å². The van der Waals surface area contributed by atoms with Crippen molar-refractivity contribution in [1.82, 2.24) is 10.2 Å². The summed E-state index contributed by atoms with van der Waals surface area (Å²) in [6, 6.07) is 5.17. The van der Waals surface area contributed by atoms with Crippen molar-refractivity contribution >= 4 is 17.3 Å². The van der Waals surface area contributed by atoms with Gasteiger partial charge in [-0.15, -0.1) is 0 Å². The van der Waals surface area contributed by atoms with E-state index in [9.17, 15) is 13.2 Å². The Kier molecular flexibility index (Phi) is 6.82. The minimum atomic E-state index is -4.30. The van der Waals surface area contributed by atoms with Crippen LogP contribution < -0.4 is 10.2 Å². The molecule has 1 fully saturated rings. The minimum Gasteiger partial charge on any atom is -0.370 e. The van der Waals surface area contributed by atoms with Crippen LogP contribution in [0.1, 0.15) is 11.1 Å². The van der Waals surface area contributed by atoms with Gasteiger partial charge in [0, 0.05) is 13.6 Å². The number of thiocarbonyl (C=S) groups is 1. The molecule has 2 N–H and O–H groups in total. The van der Waals surface area contributed by atoms with Gasteiger partial charge in [0.15, 0.2) is 5.11 Å². The second kappa shape index (κ2) is 8.64. The Morgan fingerprint density at radius 2 is 1.88 bits per heavy atom. The highest BCUT2D eigenvalue weighted by Gasteiger charge is 2.29. The highest BCUT2D eigenvalue weighted by Crippen LogP contribution is 2.29. The fraction of sp³-hybridized carbons (Fsp3) is 0.562. The highest BCUT2D eigenvalue weighted by molar-refractivity contribution is 7.80. The first kappa shape index (κ1) is 19.0. The number of hydrogen-bond donors (Lipinski definition) is 2. The maximum Gasteiger partial charge on any atom is 0.416 e. The standard InChI is InChI=1S/C16H22F3N3OS/c1-21(12-13-2-4-14(5-3-13)16(17,18)19)15(24)20-6-7-22-8-10-23-11-9-22/h2-5H,6-12H2,1H3,(H,20,24)/p+1. The van der Waals surface area contributed by atoms with Gasteiger partial charge >= 0.3 is 6.18 Å².